The van der Waals surface area contributed by atoms with Crippen molar-refractivity contribution >= 4 is 15.6 Å². The summed E-state index contributed by atoms with van der Waals surface area (Å²) in [4.78, 5) is 11.4. The maximum atomic E-state index is 12.0. The number of hydrogen-bond donors (Lipinski definition) is 0. The second-order valence-electron chi connectivity index (χ2n) is 5.03. The average molecular weight is 282 g/mol. The number of rotatable bonds is 7. The van der Waals surface area contributed by atoms with E-state index in [1.54, 1.807) is 25.1 Å². The summed E-state index contributed by atoms with van der Waals surface area (Å²) in [7, 11) is -3.16. The lowest BCUT2D eigenvalue weighted by molar-refractivity contribution is -0.117. The minimum Gasteiger partial charge on any atom is -0.300 e. The first kappa shape index (κ1) is 15.9. The van der Waals surface area contributed by atoms with Gasteiger partial charge in [0.25, 0.3) is 0 Å². The minimum atomic E-state index is -3.16. The van der Waals surface area contributed by atoms with E-state index in [-0.39, 0.29) is 17.5 Å². The number of carbonyl (C=O) groups excluding carboxylic acids is 1. The van der Waals surface area contributed by atoms with E-state index in [0.29, 0.717) is 17.7 Å². The lowest BCUT2D eigenvalue weighted by Gasteiger charge is -2.12. The molecule has 0 aromatic heterocycles. The molecular weight excluding hydrogens is 260 g/mol. The van der Waals surface area contributed by atoms with Gasteiger partial charge in [-0.3, -0.25) is 0 Å². The van der Waals surface area contributed by atoms with Gasteiger partial charge in [0.15, 0.2) is 9.84 Å². The predicted octanol–water partition coefficient (Wildman–Crippen LogP) is 3.34. The van der Waals surface area contributed by atoms with Crippen molar-refractivity contribution in [3.8, 4) is 0 Å². The molecule has 1 aromatic carbocycles. The van der Waals surface area contributed by atoms with Crippen LogP contribution in [0, 0.1) is 0 Å². The van der Waals surface area contributed by atoms with Gasteiger partial charge in [0, 0.05) is 6.42 Å². The molecule has 1 atom stereocenters. The standard InChI is InChI=1S/C15H22O3S/c1-4-10-19(17,18)15-7-5-6-14(11-15)12(2)8-9-13(3)16/h5-7,11-12H,4,8-10H2,1-3H3. The fourth-order valence-electron chi connectivity index (χ4n) is 1.99. The van der Waals surface area contributed by atoms with Crippen LogP contribution in [-0.4, -0.2) is 20.0 Å². The highest BCUT2D eigenvalue weighted by Gasteiger charge is 2.15. The first-order chi connectivity index (χ1) is 8.86. The Morgan fingerprint density at radius 2 is 2.00 bits per heavy atom. The fourth-order valence-corrected chi connectivity index (χ4v) is 3.36. The topological polar surface area (TPSA) is 51.2 Å². The molecule has 19 heavy (non-hydrogen) atoms. The first-order valence-electron chi connectivity index (χ1n) is 6.69. The Kier molecular flexibility index (Phi) is 5.73. The van der Waals surface area contributed by atoms with E-state index in [2.05, 4.69) is 0 Å². The summed E-state index contributed by atoms with van der Waals surface area (Å²) in [5.41, 5.74) is 0.985. The van der Waals surface area contributed by atoms with Gasteiger partial charge < -0.3 is 4.79 Å². The number of sulfone groups is 1. The predicted molar refractivity (Wildman–Crippen MR) is 77.1 cm³/mol. The second-order valence-corrected chi connectivity index (χ2v) is 7.14. The summed E-state index contributed by atoms with van der Waals surface area (Å²) in [6.07, 6.45) is 1.91. The summed E-state index contributed by atoms with van der Waals surface area (Å²) in [5, 5.41) is 0. The van der Waals surface area contributed by atoms with Crippen LogP contribution in [0.3, 0.4) is 0 Å². The number of carbonyl (C=O) groups is 1. The van der Waals surface area contributed by atoms with Gasteiger partial charge in [-0.05, 0) is 43.4 Å². The van der Waals surface area contributed by atoms with Crippen LogP contribution in [0.25, 0.3) is 0 Å². The highest BCUT2D eigenvalue weighted by Crippen LogP contribution is 2.24. The monoisotopic (exact) mass is 282 g/mol. The Morgan fingerprint density at radius 1 is 1.32 bits per heavy atom. The van der Waals surface area contributed by atoms with Crippen LogP contribution in [0.4, 0.5) is 0 Å². The second kappa shape index (κ2) is 6.85. The van der Waals surface area contributed by atoms with Crippen LogP contribution < -0.4 is 0 Å². The van der Waals surface area contributed by atoms with Gasteiger partial charge in [0.1, 0.15) is 5.78 Å². The molecule has 1 rings (SSSR count). The molecule has 0 radical (unpaired) electrons. The van der Waals surface area contributed by atoms with E-state index in [4.69, 9.17) is 0 Å². The van der Waals surface area contributed by atoms with E-state index < -0.39 is 9.84 Å². The van der Waals surface area contributed by atoms with E-state index >= 15 is 0 Å². The number of ketones is 1. The SMILES string of the molecule is CCCS(=O)(=O)c1cccc(C(C)CCC(C)=O)c1. The molecule has 0 amide bonds. The Morgan fingerprint density at radius 3 is 2.58 bits per heavy atom. The quantitative estimate of drug-likeness (QED) is 0.770. The Hall–Kier alpha value is -1.16. The van der Waals surface area contributed by atoms with Crippen LogP contribution in [-0.2, 0) is 14.6 Å². The Balaban J connectivity index is 2.91. The van der Waals surface area contributed by atoms with Gasteiger partial charge in [0.2, 0.25) is 0 Å². The third-order valence-electron chi connectivity index (χ3n) is 3.19. The van der Waals surface area contributed by atoms with Crippen molar-refractivity contribution in [1.29, 1.82) is 0 Å². The van der Waals surface area contributed by atoms with Crippen LogP contribution in [0.2, 0.25) is 0 Å². The molecule has 0 N–H and O–H groups in total. The normalized spacial score (nSPS) is 13.2. The van der Waals surface area contributed by atoms with Crippen molar-refractivity contribution in [2.45, 2.75) is 50.8 Å². The van der Waals surface area contributed by atoms with Crippen molar-refractivity contribution in [3.63, 3.8) is 0 Å². The summed E-state index contributed by atoms with van der Waals surface area (Å²) >= 11 is 0. The summed E-state index contributed by atoms with van der Waals surface area (Å²) in [6, 6.07) is 7.10. The lowest BCUT2D eigenvalue weighted by Crippen LogP contribution is -2.07. The van der Waals surface area contributed by atoms with Crippen molar-refractivity contribution in [2.75, 3.05) is 5.75 Å². The number of benzene rings is 1. The molecule has 4 heteroatoms. The molecule has 0 saturated heterocycles. The zero-order valence-electron chi connectivity index (χ0n) is 11.8. The van der Waals surface area contributed by atoms with Crippen LogP contribution in [0.1, 0.15) is 51.5 Å². The molecule has 1 aromatic rings. The smallest absolute Gasteiger partial charge is 0.178 e. The molecule has 0 aliphatic carbocycles. The summed E-state index contributed by atoms with van der Waals surface area (Å²) < 4.78 is 24.0. The molecule has 1 unspecified atom stereocenters. The van der Waals surface area contributed by atoms with E-state index in [9.17, 15) is 13.2 Å². The van der Waals surface area contributed by atoms with Crippen molar-refractivity contribution in [2.24, 2.45) is 0 Å². The van der Waals surface area contributed by atoms with Crippen LogP contribution in [0.5, 0.6) is 0 Å². The zero-order valence-corrected chi connectivity index (χ0v) is 12.7. The first-order valence-corrected chi connectivity index (χ1v) is 8.34. The van der Waals surface area contributed by atoms with Gasteiger partial charge >= 0.3 is 0 Å². The maximum absolute atomic E-state index is 12.0. The van der Waals surface area contributed by atoms with Gasteiger partial charge in [-0.25, -0.2) is 8.42 Å². The minimum absolute atomic E-state index is 0.168. The molecule has 0 fully saturated rings. The molecule has 106 valence electrons. The fraction of sp³-hybridized carbons (Fsp3) is 0.533. The molecule has 0 saturated carbocycles. The van der Waals surface area contributed by atoms with Crippen LogP contribution in [0.15, 0.2) is 29.2 Å². The molecule has 0 bridgehead atoms. The molecule has 0 heterocycles. The maximum Gasteiger partial charge on any atom is 0.178 e. The number of Topliss-reactive ketones (excluding diaryl/α,β-unsaturated/α-hetero) is 1. The average Bonchev–Trinajstić information content (AvgIpc) is 2.36. The van der Waals surface area contributed by atoms with Gasteiger partial charge in [0.05, 0.1) is 10.6 Å². The molecule has 0 aliphatic rings. The molecule has 3 nitrogen and oxygen atoms in total. The van der Waals surface area contributed by atoms with Crippen LogP contribution >= 0.6 is 0 Å². The third-order valence-corrected chi connectivity index (χ3v) is 5.11. The Bertz CT molecular complexity index is 532. The Labute approximate surface area is 116 Å². The van der Waals surface area contributed by atoms with Crippen molar-refractivity contribution < 1.29 is 13.2 Å². The number of hydrogen-bond acceptors (Lipinski definition) is 3. The van der Waals surface area contributed by atoms with Gasteiger partial charge in [-0.1, -0.05) is 26.0 Å². The zero-order chi connectivity index (χ0) is 14.5. The summed E-state index contributed by atoms with van der Waals surface area (Å²) in [6.45, 7) is 5.46. The summed E-state index contributed by atoms with van der Waals surface area (Å²) in [5.74, 6) is 0.542. The van der Waals surface area contributed by atoms with Crippen molar-refractivity contribution in [1.82, 2.24) is 0 Å². The molecule has 0 aliphatic heterocycles. The lowest BCUT2D eigenvalue weighted by atomic mass is 9.95. The third kappa shape index (κ3) is 4.78. The van der Waals surface area contributed by atoms with E-state index in [0.717, 1.165) is 12.0 Å². The highest BCUT2D eigenvalue weighted by atomic mass is 32.2. The largest absolute Gasteiger partial charge is 0.300 e. The van der Waals surface area contributed by atoms with Gasteiger partial charge in [-0.15, -0.1) is 0 Å². The van der Waals surface area contributed by atoms with Crippen molar-refractivity contribution in [3.05, 3.63) is 29.8 Å². The van der Waals surface area contributed by atoms with Gasteiger partial charge in [-0.2, -0.15) is 0 Å². The van der Waals surface area contributed by atoms with E-state index in [1.165, 1.54) is 0 Å². The molecular formula is C15H22O3S. The van der Waals surface area contributed by atoms with E-state index in [1.807, 2.05) is 19.9 Å². The molecule has 0 spiro atoms. The highest BCUT2D eigenvalue weighted by molar-refractivity contribution is 7.91.